The first-order valence-electron chi connectivity index (χ1n) is 1.36. The van der Waals surface area contributed by atoms with Crippen LogP contribution in [0.5, 0.6) is 0 Å². The summed E-state index contributed by atoms with van der Waals surface area (Å²) in [5, 5.41) is 17.3. The molecule has 0 aromatic heterocycles. The molecule has 0 amide bonds. The number of hydrogen-bond acceptors (Lipinski definition) is 1. The summed E-state index contributed by atoms with van der Waals surface area (Å²) in [5.41, 5.74) is 0. The second-order valence-electron chi connectivity index (χ2n) is 0.820. The molecule has 30 valence electrons. The monoisotopic (exact) mass is 74.0 g/mol. The van der Waals surface area contributed by atoms with Gasteiger partial charge in [-0.15, -0.1) is 0 Å². The van der Waals surface area contributed by atoms with Crippen molar-refractivity contribution in [1.82, 2.24) is 0 Å². The normalized spacial score (nSPS) is 15.0. The lowest BCUT2D eigenvalue weighted by molar-refractivity contribution is 0.0825. The maximum Gasteiger partial charge on any atom is 0.108 e. The van der Waals surface area contributed by atoms with E-state index < -0.39 is 12.7 Å². The van der Waals surface area contributed by atoms with Crippen LogP contribution in [-0.4, -0.2) is 17.8 Å². The van der Waals surface area contributed by atoms with Gasteiger partial charge in [0.05, 0.1) is 6.10 Å². The van der Waals surface area contributed by atoms with Crippen molar-refractivity contribution in [1.29, 1.82) is 0 Å². The van der Waals surface area contributed by atoms with E-state index in [1.54, 1.807) is 0 Å². The fourth-order valence-corrected chi connectivity index (χ4v) is 0. The first-order chi connectivity index (χ1) is 2.27. The number of hydrogen-bond donors (Lipinski definition) is 1. The molecule has 0 fully saturated rings. The van der Waals surface area contributed by atoms with Crippen LogP contribution in [-0.2, 0) is 5.11 Å². The molecule has 0 heterocycles. The van der Waals surface area contributed by atoms with Crippen molar-refractivity contribution in [3.05, 3.63) is 6.92 Å². The molecule has 0 aliphatic carbocycles. The summed E-state index contributed by atoms with van der Waals surface area (Å²) in [6.45, 7) is 2.50. The molecule has 2 heteroatoms. The summed E-state index contributed by atoms with van der Waals surface area (Å²) < 4.78 is 0. The average molecular weight is 74.1 g/mol. The molecule has 1 atom stereocenters. The third kappa shape index (κ3) is 3.92. The topological polar surface area (TPSA) is 40.1 Å². The van der Waals surface area contributed by atoms with Gasteiger partial charge in [-0.3, -0.25) is 0 Å². The number of aliphatic hydroxyl groups excluding tert-OH is 1. The average Bonchev–Trinajstić information content (AvgIpc) is 1.38. The molecule has 2 nitrogen and oxygen atoms in total. The van der Waals surface area contributed by atoms with Crippen molar-refractivity contribution in [2.45, 2.75) is 6.10 Å². The van der Waals surface area contributed by atoms with Gasteiger partial charge in [0.2, 0.25) is 0 Å². The molecule has 0 saturated carbocycles. The van der Waals surface area contributed by atoms with Gasteiger partial charge in [-0.25, -0.2) is 5.11 Å². The minimum absolute atomic E-state index is 0.500. The Hall–Kier alpha value is -0.0800. The van der Waals surface area contributed by atoms with Crippen LogP contribution < -0.4 is 0 Å². The standard InChI is InChI=1S/C3H6O2/c1-3(5)2-4/h3,5H,1-2H2. The van der Waals surface area contributed by atoms with Gasteiger partial charge in [-0.2, -0.15) is 0 Å². The Morgan fingerprint density at radius 3 is 2.20 bits per heavy atom. The van der Waals surface area contributed by atoms with Crippen LogP contribution in [0.25, 0.3) is 0 Å². The van der Waals surface area contributed by atoms with Gasteiger partial charge in [-0.1, -0.05) is 0 Å². The Bertz CT molecular complexity index is 18.9. The molecule has 0 aromatic carbocycles. The molecule has 0 rings (SSSR count). The lowest BCUT2D eigenvalue weighted by Crippen LogP contribution is -2.02. The lowest BCUT2D eigenvalue weighted by atomic mass is 10.5. The molecule has 5 heavy (non-hydrogen) atoms. The highest BCUT2D eigenvalue weighted by atomic mass is 16.3. The minimum Gasteiger partial charge on any atom is -0.391 e. The van der Waals surface area contributed by atoms with E-state index in [9.17, 15) is 5.11 Å². The van der Waals surface area contributed by atoms with Crippen molar-refractivity contribution in [2.24, 2.45) is 0 Å². The summed E-state index contributed by atoms with van der Waals surface area (Å²) in [7, 11) is 0. The summed E-state index contributed by atoms with van der Waals surface area (Å²) in [4.78, 5) is 0. The zero-order valence-corrected chi connectivity index (χ0v) is 2.85. The first kappa shape index (κ1) is 4.92. The summed E-state index contributed by atoms with van der Waals surface area (Å²) in [6, 6.07) is 0. The van der Waals surface area contributed by atoms with Crippen molar-refractivity contribution in [3.8, 4) is 0 Å². The molecule has 1 unspecified atom stereocenters. The molecule has 0 aliphatic heterocycles. The van der Waals surface area contributed by atoms with E-state index in [1.165, 1.54) is 0 Å². The van der Waals surface area contributed by atoms with E-state index in [4.69, 9.17) is 5.11 Å². The third-order valence-corrected chi connectivity index (χ3v) is 0.192. The largest absolute Gasteiger partial charge is 0.391 e. The smallest absolute Gasteiger partial charge is 0.108 e. The Morgan fingerprint density at radius 2 is 2.20 bits per heavy atom. The maximum atomic E-state index is 9.32. The lowest BCUT2D eigenvalue weighted by Gasteiger charge is -1.87. The third-order valence-electron chi connectivity index (χ3n) is 0.192. The number of aliphatic hydroxyl groups is 1. The van der Waals surface area contributed by atoms with Crippen LogP contribution in [0, 0.1) is 6.92 Å². The second kappa shape index (κ2) is 2.18. The zero-order chi connectivity index (χ0) is 4.28. The van der Waals surface area contributed by atoms with Crippen LogP contribution in [0.3, 0.4) is 0 Å². The van der Waals surface area contributed by atoms with Crippen molar-refractivity contribution in [3.63, 3.8) is 0 Å². The number of rotatable bonds is 1. The van der Waals surface area contributed by atoms with Crippen molar-refractivity contribution >= 4 is 0 Å². The summed E-state index contributed by atoms with van der Waals surface area (Å²) >= 11 is 0. The Labute approximate surface area is 31.1 Å². The fraction of sp³-hybridized carbons (Fsp3) is 0.667. The van der Waals surface area contributed by atoms with E-state index in [0.29, 0.717) is 0 Å². The molecule has 0 aliphatic rings. The highest BCUT2D eigenvalue weighted by Gasteiger charge is 1.85. The Morgan fingerprint density at radius 1 is 2.00 bits per heavy atom. The molecular weight excluding hydrogens is 68.0 g/mol. The second-order valence-corrected chi connectivity index (χ2v) is 0.820. The van der Waals surface area contributed by atoms with Gasteiger partial charge in [0.15, 0.2) is 0 Å². The van der Waals surface area contributed by atoms with Gasteiger partial charge in [0, 0.05) is 0 Å². The van der Waals surface area contributed by atoms with Crippen LogP contribution in [0.2, 0.25) is 0 Å². The van der Waals surface area contributed by atoms with Gasteiger partial charge >= 0.3 is 0 Å². The fourth-order valence-electron chi connectivity index (χ4n) is 0. The molecule has 0 spiro atoms. The van der Waals surface area contributed by atoms with E-state index in [2.05, 4.69) is 6.92 Å². The van der Waals surface area contributed by atoms with Crippen LogP contribution in [0.15, 0.2) is 0 Å². The van der Waals surface area contributed by atoms with E-state index >= 15 is 0 Å². The van der Waals surface area contributed by atoms with Gasteiger partial charge < -0.3 is 5.11 Å². The zero-order valence-electron chi connectivity index (χ0n) is 2.85. The van der Waals surface area contributed by atoms with Crippen LogP contribution in [0.4, 0.5) is 0 Å². The quantitative estimate of drug-likeness (QED) is 0.452. The van der Waals surface area contributed by atoms with Crippen LogP contribution >= 0.6 is 0 Å². The van der Waals surface area contributed by atoms with Gasteiger partial charge in [0.1, 0.15) is 6.61 Å². The summed E-state index contributed by atoms with van der Waals surface area (Å²) in [6.07, 6.45) is -0.921. The molecule has 2 radical (unpaired) electrons. The van der Waals surface area contributed by atoms with E-state index in [0.717, 1.165) is 0 Å². The Kier molecular flexibility index (Phi) is 2.14. The molecule has 0 aromatic rings. The molecule has 0 bridgehead atoms. The summed E-state index contributed by atoms with van der Waals surface area (Å²) in [5.74, 6) is 0. The van der Waals surface area contributed by atoms with E-state index in [-0.39, 0.29) is 0 Å². The Balaban J connectivity index is 2.54. The predicted octanol–water partition coefficient (Wildman–Crippen LogP) is -0.388. The van der Waals surface area contributed by atoms with E-state index in [1.807, 2.05) is 0 Å². The minimum atomic E-state index is -0.921. The molecule has 1 N–H and O–H groups in total. The predicted molar refractivity (Wildman–Crippen MR) is 16.9 cm³/mol. The SMILES string of the molecule is [CH2]C(O)C[O]. The molecule has 0 saturated heterocycles. The van der Waals surface area contributed by atoms with Crippen molar-refractivity contribution < 1.29 is 10.2 Å². The highest BCUT2D eigenvalue weighted by molar-refractivity contribution is 4.49. The first-order valence-corrected chi connectivity index (χ1v) is 1.36. The molecular formula is C3H6O2. The maximum absolute atomic E-state index is 9.32. The van der Waals surface area contributed by atoms with Crippen molar-refractivity contribution in [2.75, 3.05) is 6.61 Å². The van der Waals surface area contributed by atoms with Gasteiger partial charge in [0.25, 0.3) is 0 Å². The highest BCUT2D eigenvalue weighted by Crippen LogP contribution is 1.68. The van der Waals surface area contributed by atoms with Gasteiger partial charge in [-0.05, 0) is 6.92 Å². The van der Waals surface area contributed by atoms with Crippen LogP contribution in [0.1, 0.15) is 0 Å².